The summed E-state index contributed by atoms with van der Waals surface area (Å²) in [7, 11) is 0. The first-order valence-corrected chi connectivity index (χ1v) is 9.00. The molecular formula is C18H26Cl2F3N3O2. The molecule has 5 nitrogen and oxygen atoms in total. The Morgan fingerprint density at radius 2 is 1.89 bits per heavy atom. The largest absolute Gasteiger partial charge is 0.468 e. The normalized spacial score (nSPS) is 26.4. The van der Waals surface area contributed by atoms with Gasteiger partial charge in [0.05, 0.1) is 0 Å². The number of carbonyl (C=O) groups excluding carboxylic acids is 1. The number of alkyl halides is 3. The predicted octanol–water partition coefficient (Wildman–Crippen LogP) is 3.64. The van der Waals surface area contributed by atoms with Crippen molar-refractivity contribution >= 4 is 30.7 Å². The average molecular weight is 444 g/mol. The van der Waals surface area contributed by atoms with Crippen LogP contribution in [0, 0.1) is 17.8 Å². The van der Waals surface area contributed by atoms with Gasteiger partial charge < -0.3 is 15.8 Å². The summed E-state index contributed by atoms with van der Waals surface area (Å²) in [6.45, 7) is -1.31. The maximum Gasteiger partial charge on any atom is 0.422 e. The van der Waals surface area contributed by atoms with Crippen molar-refractivity contribution in [1.82, 2.24) is 10.3 Å². The zero-order valence-corrected chi connectivity index (χ0v) is 16.9. The Morgan fingerprint density at radius 1 is 1.25 bits per heavy atom. The fourth-order valence-corrected chi connectivity index (χ4v) is 4.17. The van der Waals surface area contributed by atoms with Crippen LogP contribution in [0.15, 0.2) is 18.3 Å². The predicted molar refractivity (Wildman–Crippen MR) is 104 cm³/mol. The van der Waals surface area contributed by atoms with E-state index in [1.807, 2.05) is 0 Å². The minimum atomic E-state index is -4.43. The average Bonchev–Trinajstić information content (AvgIpc) is 2.57. The molecule has 1 aromatic rings. The molecule has 160 valence electrons. The second-order valence-electron chi connectivity index (χ2n) is 7.29. The van der Waals surface area contributed by atoms with Gasteiger partial charge >= 0.3 is 6.18 Å². The van der Waals surface area contributed by atoms with Crippen LogP contribution in [0.1, 0.15) is 37.7 Å². The monoisotopic (exact) mass is 443 g/mol. The molecule has 2 atom stereocenters. The number of hydrogen-bond donors (Lipinski definition) is 2. The molecule has 1 heterocycles. The van der Waals surface area contributed by atoms with Crippen molar-refractivity contribution in [1.29, 1.82) is 0 Å². The Kier molecular flexibility index (Phi) is 9.30. The van der Waals surface area contributed by atoms with Gasteiger partial charge in [0.25, 0.3) is 0 Å². The van der Waals surface area contributed by atoms with E-state index in [2.05, 4.69) is 10.3 Å². The molecule has 3 rings (SSSR count). The van der Waals surface area contributed by atoms with Crippen molar-refractivity contribution in [2.45, 2.75) is 50.9 Å². The smallest absolute Gasteiger partial charge is 0.422 e. The van der Waals surface area contributed by atoms with Crippen molar-refractivity contribution in [3.05, 3.63) is 23.9 Å². The van der Waals surface area contributed by atoms with E-state index in [9.17, 15) is 18.0 Å². The van der Waals surface area contributed by atoms with Crippen LogP contribution < -0.4 is 15.8 Å². The van der Waals surface area contributed by atoms with Crippen molar-refractivity contribution in [3.8, 4) is 5.88 Å². The quantitative estimate of drug-likeness (QED) is 0.727. The lowest BCUT2D eigenvalue weighted by atomic mass is 9.65. The third-order valence-electron chi connectivity index (χ3n) is 5.46. The molecule has 0 aromatic carbocycles. The molecule has 2 saturated carbocycles. The zero-order valence-electron chi connectivity index (χ0n) is 15.3. The van der Waals surface area contributed by atoms with Gasteiger partial charge in [0.15, 0.2) is 6.61 Å². The number of nitrogens with two attached hydrogens (primary N) is 1. The van der Waals surface area contributed by atoms with E-state index in [0.717, 1.165) is 25.7 Å². The first-order valence-electron chi connectivity index (χ1n) is 9.00. The summed E-state index contributed by atoms with van der Waals surface area (Å²) in [5, 5.41) is 2.83. The number of halogens is 5. The highest BCUT2D eigenvalue weighted by molar-refractivity contribution is 5.85. The van der Waals surface area contributed by atoms with Gasteiger partial charge in [-0.05, 0) is 43.6 Å². The number of rotatable bonds is 5. The van der Waals surface area contributed by atoms with Crippen LogP contribution in [0.2, 0.25) is 0 Å². The van der Waals surface area contributed by atoms with Gasteiger partial charge in [-0.3, -0.25) is 4.79 Å². The van der Waals surface area contributed by atoms with Crippen molar-refractivity contribution in [2.24, 2.45) is 23.5 Å². The molecule has 2 aliphatic carbocycles. The van der Waals surface area contributed by atoms with Crippen LogP contribution in [0.5, 0.6) is 5.88 Å². The lowest BCUT2D eigenvalue weighted by Crippen LogP contribution is -2.49. The molecule has 0 spiro atoms. The van der Waals surface area contributed by atoms with Gasteiger partial charge in [0.1, 0.15) is 0 Å². The van der Waals surface area contributed by atoms with E-state index in [4.69, 9.17) is 10.5 Å². The minimum absolute atomic E-state index is 0. The number of ether oxygens (including phenoxy) is 1. The lowest BCUT2D eigenvalue weighted by molar-refractivity contribution is -0.154. The first-order chi connectivity index (χ1) is 12.3. The maximum absolute atomic E-state index is 12.5. The van der Waals surface area contributed by atoms with Crippen molar-refractivity contribution in [3.63, 3.8) is 0 Å². The van der Waals surface area contributed by atoms with Gasteiger partial charge in [-0.25, -0.2) is 4.98 Å². The summed E-state index contributed by atoms with van der Waals surface area (Å²) in [6, 6.07) is 3.39. The summed E-state index contributed by atoms with van der Waals surface area (Å²) in [5.41, 5.74) is 6.68. The second-order valence-corrected chi connectivity index (χ2v) is 7.29. The molecule has 2 unspecified atom stereocenters. The summed E-state index contributed by atoms with van der Waals surface area (Å²) >= 11 is 0. The van der Waals surface area contributed by atoms with E-state index in [1.54, 1.807) is 12.1 Å². The van der Waals surface area contributed by atoms with Gasteiger partial charge in [0.2, 0.25) is 11.8 Å². The van der Waals surface area contributed by atoms with Crippen LogP contribution in [0.3, 0.4) is 0 Å². The molecule has 10 heteroatoms. The molecule has 0 saturated heterocycles. The summed E-state index contributed by atoms with van der Waals surface area (Å²) in [4.78, 5) is 16.4. The number of amides is 1. The molecule has 2 aliphatic rings. The zero-order chi connectivity index (χ0) is 18.7. The van der Waals surface area contributed by atoms with Crippen LogP contribution in [-0.2, 0) is 11.3 Å². The molecule has 1 amide bonds. The topological polar surface area (TPSA) is 77.2 Å². The third kappa shape index (κ3) is 6.39. The van der Waals surface area contributed by atoms with Gasteiger partial charge in [-0.1, -0.05) is 12.5 Å². The maximum atomic E-state index is 12.5. The Labute approximate surface area is 174 Å². The van der Waals surface area contributed by atoms with Gasteiger partial charge in [0, 0.05) is 30.3 Å². The van der Waals surface area contributed by atoms with Gasteiger partial charge in [-0.2, -0.15) is 13.2 Å². The molecule has 2 bridgehead atoms. The lowest BCUT2D eigenvalue weighted by Gasteiger charge is -2.43. The number of pyridine rings is 1. The highest BCUT2D eigenvalue weighted by Crippen LogP contribution is 2.41. The Morgan fingerprint density at radius 3 is 2.50 bits per heavy atom. The van der Waals surface area contributed by atoms with Crippen LogP contribution >= 0.6 is 24.8 Å². The molecular weight excluding hydrogens is 418 g/mol. The fraction of sp³-hybridized carbons (Fsp3) is 0.667. The number of nitrogens with one attached hydrogen (secondary N) is 1. The van der Waals surface area contributed by atoms with E-state index >= 15 is 0 Å². The highest BCUT2D eigenvalue weighted by Gasteiger charge is 2.40. The van der Waals surface area contributed by atoms with Gasteiger partial charge in [-0.15, -0.1) is 24.8 Å². The SMILES string of the molecule is Cl.Cl.NC1C2CCCC1CC(C(=O)NCc1cccnc1OCC(F)(F)F)C2. The number of carbonyl (C=O) groups is 1. The molecule has 1 aromatic heterocycles. The molecule has 28 heavy (non-hydrogen) atoms. The number of aromatic nitrogens is 1. The van der Waals surface area contributed by atoms with Crippen LogP contribution in [0.25, 0.3) is 0 Å². The number of fused-ring (bicyclic) bond motifs is 2. The first kappa shape index (κ1) is 24.8. The van der Waals surface area contributed by atoms with Crippen molar-refractivity contribution in [2.75, 3.05) is 6.61 Å². The number of nitrogens with zero attached hydrogens (tertiary/aromatic N) is 1. The van der Waals surface area contributed by atoms with Crippen LogP contribution in [-0.4, -0.2) is 29.7 Å². The van der Waals surface area contributed by atoms with E-state index in [-0.39, 0.29) is 55.1 Å². The molecule has 3 N–H and O–H groups in total. The number of hydrogen-bond acceptors (Lipinski definition) is 4. The fourth-order valence-electron chi connectivity index (χ4n) is 4.17. The van der Waals surface area contributed by atoms with Crippen LogP contribution in [0.4, 0.5) is 13.2 Å². The molecule has 0 aliphatic heterocycles. The Bertz CT molecular complexity index is 635. The molecule has 2 fully saturated rings. The summed E-state index contributed by atoms with van der Waals surface area (Å²) in [5.74, 6) is 0.526. The summed E-state index contributed by atoms with van der Waals surface area (Å²) in [6.07, 6.45) is 1.81. The standard InChI is InChI=1S/C18H24F3N3O2.2ClH/c19-18(20,21)10-26-17-13(5-2-6-23-17)9-24-16(25)14-7-11-3-1-4-12(8-14)15(11)22;;/h2,5-6,11-12,14-15H,1,3-4,7-10,22H2,(H,24,25);2*1H. The Hall–Kier alpha value is -1.25. The van der Waals surface area contributed by atoms with E-state index in [1.165, 1.54) is 12.6 Å². The third-order valence-corrected chi connectivity index (χ3v) is 5.46. The second kappa shape index (κ2) is 10.5. The Balaban J connectivity index is 0.00000196. The summed E-state index contributed by atoms with van der Waals surface area (Å²) < 4.78 is 41.8. The van der Waals surface area contributed by atoms with Crippen molar-refractivity contribution < 1.29 is 22.7 Å². The minimum Gasteiger partial charge on any atom is -0.468 e. The molecule has 0 radical (unpaired) electrons. The highest BCUT2D eigenvalue weighted by atomic mass is 35.5. The van der Waals surface area contributed by atoms with E-state index < -0.39 is 12.8 Å². The van der Waals surface area contributed by atoms with E-state index in [0.29, 0.717) is 17.4 Å².